The summed E-state index contributed by atoms with van der Waals surface area (Å²) < 4.78 is 0.924. The van der Waals surface area contributed by atoms with Crippen LogP contribution in [0, 0.1) is 0 Å². The van der Waals surface area contributed by atoms with Crippen LogP contribution in [-0.2, 0) is 0 Å². The first-order valence-corrected chi connectivity index (χ1v) is 5.12. The van der Waals surface area contributed by atoms with E-state index in [9.17, 15) is 5.11 Å². The SMILES string of the molecule is CCSc1cc(O)cc(Br)c1. The van der Waals surface area contributed by atoms with Crippen LogP contribution in [-0.4, -0.2) is 10.9 Å². The van der Waals surface area contributed by atoms with Crippen molar-refractivity contribution < 1.29 is 5.11 Å². The zero-order valence-electron chi connectivity index (χ0n) is 6.17. The molecule has 0 unspecified atom stereocenters. The molecule has 0 spiro atoms. The number of hydrogen-bond donors (Lipinski definition) is 1. The Hall–Kier alpha value is -0.150. The van der Waals surface area contributed by atoms with E-state index in [0.717, 1.165) is 15.1 Å². The standard InChI is InChI=1S/C8H9BrOS/c1-2-11-8-4-6(9)3-7(10)5-8/h3-5,10H,2H2,1H3. The minimum Gasteiger partial charge on any atom is -0.508 e. The highest BCUT2D eigenvalue weighted by atomic mass is 79.9. The van der Waals surface area contributed by atoms with Crippen LogP contribution in [0.4, 0.5) is 0 Å². The molecule has 0 aliphatic carbocycles. The first-order valence-electron chi connectivity index (χ1n) is 3.34. The van der Waals surface area contributed by atoms with Gasteiger partial charge in [-0.25, -0.2) is 0 Å². The third-order valence-electron chi connectivity index (χ3n) is 1.17. The Bertz CT molecular complexity index is 230. The maximum atomic E-state index is 9.18. The molecule has 0 aliphatic heterocycles. The first-order chi connectivity index (χ1) is 5.22. The number of rotatable bonds is 2. The summed E-state index contributed by atoms with van der Waals surface area (Å²) in [7, 11) is 0. The van der Waals surface area contributed by atoms with E-state index < -0.39 is 0 Å². The lowest BCUT2D eigenvalue weighted by atomic mass is 10.3. The molecule has 0 atom stereocenters. The molecule has 0 aromatic heterocycles. The van der Waals surface area contributed by atoms with Gasteiger partial charge in [0.25, 0.3) is 0 Å². The Kier molecular flexibility index (Phi) is 3.27. The van der Waals surface area contributed by atoms with E-state index in [0.29, 0.717) is 5.75 Å². The van der Waals surface area contributed by atoms with Crippen molar-refractivity contribution in [1.82, 2.24) is 0 Å². The summed E-state index contributed by atoms with van der Waals surface area (Å²) >= 11 is 5.02. The molecule has 0 saturated carbocycles. The molecular weight excluding hydrogens is 224 g/mol. The monoisotopic (exact) mass is 232 g/mol. The second-order valence-electron chi connectivity index (χ2n) is 2.08. The lowest BCUT2D eigenvalue weighted by molar-refractivity contribution is 0.473. The van der Waals surface area contributed by atoms with Gasteiger partial charge in [0.15, 0.2) is 0 Å². The van der Waals surface area contributed by atoms with Gasteiger partial charge < -0.3 is 5.11 Å². The van der Waals surface area contributed by atoms with Gasteiger partial charge in [-0.3, -0.25) is 0 Å². The molecule has 0 fully saturated rings. The van der Waals surface area contributed by atoms with Gasteiger partial charge in [-0.15, -0.1) is 11.8 Å². The van der Waals surface area contributed by atoms with Crippen molar-refractivity contribution in [3.8, 4) is 5.75 Å². The van der Waals surface area contributed by atoms with Crippen LogP contribution in [0.2, 0.25) is 0 Å². The topological polar surface area (TPSA) is 20.2 Å². The molecule has 0 aliphatic rings. The van der Waals surface area contributed by atoms with Crippen LogP contribution in [0.3, 0.4) is 0 Å². The Morgan fingerprint density at radius 2 is 2.18 bits per heavy atom. The quantitative estimate of drug-likeness (QED) is 0.791. The molecule has 1 aromatic carbocycles. The highest BCUT2D eigenvalue weighted by Crippen LogP contribution is 2.26. The summed E-state index contributed by atoms with van der Waals surface area (Å²) in [5.74, 6) is 1.34. The van der Waals surface area contributed by atoms with Gasteiger partial charge in [-0.05, 0) is 24.0 Å². The fraction of sp³-hybridized carbons (Fsp3) is 0.250. The Balaban J connectivity index is 2.89. The van der Waals surface area contributed by atoms with E-state index in [1.54, 1.807) is 23.9 Å². The van der Waals surface area contributed by atoms with Crippen LogP contribution in [0.25, 0.3) is 0 Å². The number of halogens is 1. The Morgan fingerprint density at radius 1 is 1.45 bits per heavy atom. The second-order valence-corrected chi connectivity index (χ2v) is 4.33. The number of phenols is 1. The Morgan fingerprint density at radius 3 is 2.73 bits per heavy atom. The van der Waals surface area contributed by atoms with Crippen molar-refractivity contribution in [1.29, 1.82) is 0 Å². The van der Waals surface area contributed by atoms with E-state index >= 15 is 0 Å². The van der Waals surface area contributed by atoms with Crippen molar-refractivity contribution >= 4 is 27.7 Å². The molecule has 0 radical (unpaired) electrons. The van der Waals surface area contributed by atoms with E-state index in [2.05, 4.69) is 22.9 Å². The van der Waals surface area contributed by atoms with Gasteiger partial charge in [-0.2, -0.15) is 0 Å². The molecule has 0 amide bonds. The fourth-order valence-corrected chi connectivity index (χ4v) is 2.18. The average Bonchev–Trinajstić information content (AvgIpc) is 1.85. The van der Waals surface area contributed by atoms with Gasteiger partial charge in [0.05, 0.1) is 0 Å². The van der Waals surface area contributed by atoms with Crippen molar-refractivity contribution in [2.45, 2.75) is 11.8 Å². The largest absolute Gasteiger partial charge is 0.508 e. The molecular formula is C8H9BrOS. The van der Waals surface area contributed by atoms with E-state index in [1.807, 2.05) is 6.07 Å². The van der Waals surface area contributed by atoms with Crippen molar-refractivity contribution in [2.24, 2.45) is 0 Å². The van der Waals surface area contributed by atoms with Gasteiger partial charge in [0.2, 0.25) is 0 Å². The van der Waals surface area contributed by atoms with E-state index in [-0.39, 0.29) is 0 Å². The van der Waals surface area contributed by atoms with E-state index in [4.69, 9.17) is 0 Å². The molecule has 3 heteroatoms. The molecule has 0 bridgehead atoms. The minimum absolute atomic E-state index is 0.315. The van der Waals surface area contributed by atoms with Gasteiger partial charge in [0, 0.05) is 9.37 Å². The molecule has 1 rings (SSSR count). The second kappa shape index (κ2) is 4.02. The molecule has 11 heavy (non-hydrogen) atoms. The number of phenolic OH excluding ortho intramolecular Hbond substituents is 1. The number of hydrogen-bond acceptors (Lipinski definition) is 2. The maximum absolute atomic E-state index is 9.18. The normalized spacial score (nSPS) is 10.0. The fourth-order valence-electron chi connectivity index (χ4n) is 0.798. The minimum atomic E-state index is 0.315. The Labute approximate surface area is 78.9 Å². The maximum Gasteiger partial charge on any atom is 0.117 e. The van der Waals surface area contributed by atoms with Crippen LogP contribution in [0.15, 0.2) is 27.6 Å². The number of thioether (sulfide) groups is 1. The highest BCUT2D eigenvalue weighted by molar-refractivity contribution is 9.10. The summed E-state index contributed by atoms with van der Waals surface area (Å²) in [6, 6.07) is 5.44. The van der Waals surface area contributed by atoms with Crippen LogP contribution in [0.1, 0.15) is 6.92 Å². The summed E-state index contributed by atoms with van der Waals surface area (Å²) in [5.41, 5.74) is 0. The lowest BCUT2D eigenvalue weighted by Crippen LogP contribution is -1.73. The third-order valence-corrected chi connectivity index (χ3v) is 2.48. The highest BCUT2D eigenvalue weighted by Gasteiger charge is 1.96. The predicted molar refractivity (Wildman–Crippen MR) is 52.2 cm³/mol. The molecule has 60 valence electrons. The smallest absolute Gasteiger partial charge is 0.117 e. The first kappa shape index (κ1) is 8.94. The average molecular weight is 233 g/mol. The number of benzene rings is 1. The van der Waals surface area contributed by atoms with Crippen molar-refractivity contribution in [3.63, 3.8) is 0 Å². The lowest BCUT2D eigenvalue weighted by Gasteiger charge is -1.99. The molecule has 0 saturated heterocycles. The van der Waals surface area contributed by atoms with Gasteiger partial charge >= 0.3 is 0 Å². The summed E-state index contributed by atoms with van der Waals surface area (Å²) in [4.78, 5) is 1.10. The van der Waals surface area contributed by atoms with Gasteiger partial charge in [0.1, 0.15) is 5.75 Å². The van der Waals surface area contributed by atoms with Crippen LogP contribution in [0.5, 0.6) is 5.75 Å². The molecule has 0 heterocycles. The van der Waals surface area contributed by atoms with Gasteiger partial charge in [-0.1, -0.05) is 22.9 Å². The molecule has 1 nitrogen and oxygen atoms in total. The summed E-state index contributed by atoms with van der Waals surface area (Å²) in [5, 5.41) is 9.18. The zero-order valence-corrected chi connectivity index (χ0v) is 8.58. The third kappa shape index (κ3) is 2.75. The van der Waals surface area contributed by atoms with Crippen molar-refractivity contribution in [2.75, 3.05) is 5.75 Å². The van der Waals surface area contributed by atoms with E-state index in [1.165, 1.54) is 0 Å². The summed E-state index contributed by atoms with van der Waals surface area (Å²) in [6.07, 6.45) is 0. The summed E-state index contributed by atoms with van der Waals surface area (Å²) in [6.45, 7) is 2.09. The number of aromatic hydroxyl groups is 1. The molecule has 1 aromatic rings. The van der Waals surface area contributed by atoms with Crippen molar-refractivity contribution in [3.05, 3.63) is 22.7 Å². The predicted octanol–water partition coefficient (Wildman–Crippen LogP) is 3.27. The molecule has 1 N–H and O–H groups in total. The van der Waals surface area contributed by atoms with Crippen LogP contribution >= 0.6 is 27.7 Å². The zero-order chi connectivity index (χ0) is 8.27. The van der Waals surface area contributed by atoms with Crippen LogP contribution < -0.4 is 0 Å².